The van der Waals surface area contributed by atoms with E-state index >= 15 is 0 Å². The van der Waals surface area contributed by atoms with Crippen LogP contribution in [-0.2, 0) is 4.74 Å². The molecule has 0 aliphatic heterocycles. The zero-order valence-electron chi connectivity index (χ0n) is 7.12. The molecular weight excluding hydrogens is 191 g/mol. The van der Waals surface area contributed by atoms with Gasteiger partial charge in [0.25, 0.3) is 0 Å². The molecule has 4 heteroatoms. The Hall–Kier alpha value is -1.03. The van der Waals surface area contributed by atoms with E-state index in [0.717, 1.165) is 11.8 Å². The fourth-order valence-corrected chi connectivity index (χ4v) is 1.39. The molecule has 1 aromatic carbocycles. The topological polar surface area (TPSA) is 26.3 Å². The summed E-state index contributed by atoms with van der Waals surface area (Å²) in [5.41, 5.74) is 0. The molecule has 0 heterocycles. The molecule has 13 heavy (non-hydrogen) atoms. The summed E-state index contributed by atoms with van der Waals surface area (Å²) >= 11 is 0.949. The Morgan fingerprint density at radius 3 is 2.62 bits per heavy atom. The van der Waals surface area contributed by atoms with Crippen molar-refractivity contribution >= 4 is 17.1 Å². The molecule has 0 unspecified atom stereocenters. The minimum Gasteiger partial charge on any atom is -0.458 e. The van der Waals surface area contributed by atoms with Crippen LogP contribution in [0.4, 0.5) is 9.18 Å². The highest BCUT2D eigenvalue weighted by atomic mass is 32.2. The van der Waals surface area contributed by atoms with Crippen LogP contribution < -0.4 is 0 Å². The van der Waals surface area contributed by atoms with Gasteiger partial charge in [-0.1, -0.05) is 0 Å². The van der Waals surface area contributed by atoms with Crippen molar-refractivity contribution in [3.8, 4) is 0 Å². The van der Waals surface area contributed by atoms with E-state index in [1.165, 1.54) is 24.3 Å². The number of hydrogen-bond acceptors (Lipinski definition) is 3. The SMILES string of the molecule is CCOC(=O)Sc1ccc(F)cc1. The van der Waals surface area contributed by atoms with Crippen LogP contribution in [0.5, 0.6) is 0 Å². The largest absolute Gasteiger partial charge is 0.458 e. The van der Waals surface area contributed by atoms with Gasteiger partial charge in [-0.25, -0.2) is 9.18 Å². The maximum absolute atomic E-state index is 12.4. The number of ether oxygens (including phenoxy) is 1. The van der Waals surface area contributed by atoms with E-state index in [2.05, 4.69) is 0 Å². The summed E-state index contributed by atoms with van der Waals surface area (Å²) in [6, 6.07) is 5.69. The first-order valence-electron chi connectivity index (χ1n) is 3.82. The highest BCUT2D eigenvalue weighted by Crippen LogP contribution is 2.19. The average molecular weight is 200 g/mol. The lowest BCUT2D eigenvalue weighted by Crippen LogP contribution is -1.95. The molecule has 0 spiro atoms. The van der Waals surface area contributed by atoms with Gasteiger partial charge < -0.3 is 4.74 Å². The third-order valence-corrected chi connectivity index (χ3v) is 2.07. The van der Waals surface area contributed by atoms with Gasteiger partial charge in [0.2, 0.25) is 0 Å². The van der Waals surface area contributed by atoms with Gasteiger partial charge in [0.1, 0.15) is 5.82 Å². The van der Waals surface area contributed by atoms with Crippen molar-refractivity contribution in [3.63, 3.8) is 0 Å². The molecule has 0 saturated carbocycles. The normalized spacial score (nSPS) is 9.69. The molecule has 0 saturated heterocycles. The summed E-state index contributed by atoms with van der Waals surface area (Å²) < 4.78 is 17.2. The molecule has 0 radical (unpaired) electrons. The quantitative estimate of drug-likeness (QED) is 0.542. The number of rotatable bonds is 2. The van der Waals surface area contributed by atoms with Crippen LogP contribution in [0, 0.1) is 5.82 Å². The second kappa shape index (κ2) is 4.87. The second-order valence-electron chi connectivity index (χ2n) is 2.24. The van der Waals surface area contributed by atoms with Gasteiger partial charge >= 0.3 is 5.30 Å². The van der Waals surface area contributed by atoms with Crippen molar-refractivity contribution in [3.05, 3.63) is 30.1 Å². The van der Waals surface area contributed by atoms with Crippen molar-refractivity contribution in [2.75, 3.05) is 6.61 Å². The molecule has 0 atom stereocenters. The van der Waals surface area contributed by atoms with Gasteiger partial charge in [0.05, 0.1) is 6.61 Å². The Kier molecular flexibility index (Phi) is 3.76. The summed E-state index contributed by atoms with van der Waals surface area (Å²) in [4.78, 5) is 11.6. The molecule has 0 aliphatic carbocycles. The summed E-state index contributed by atoms with van der Waals surface area (Å²) in [6.07, 6.45) is 0. The Bertz CT molecular complexity index is 284. The number of halogens is 1. The van der Waals surface area contributed by atoms with Crippen LogP contribution in [0.1, 0.15) is 6.92 Å². The fraction of sp³-hybridized carbons (Fsp3) is 0.222. The van der Waals surface area contributed by atoms with Crippen LogP contribution in [0.25, 0.3) is 0 Å². The van der Waals surface area contributed by atoms with Crippen LogP contribution in [0.3, 0.4) is 0 Å². The predicted molar refractivity (Wildman–Crippen MR) is 49.3 cm³/mol. The number of carbonyl (C=O) groups excluding carboxylic acids is 1. The molecular formula is C9H9FO2S. The zero-order valence-corrected chi connectivity index (χ0v) is 7.94. The molecule has 0 bridgehead atoms. The van der Waals surface area contributed by atoms with E-state index < -0.39 is 0 Å². The van der Waals surface area contributed by atoms with Gasteiger partial charge in [-0.3, -0.25) is 0 Å². The van der Waals surface area contributed by atoms with Crippen molar-refractivity contribution in [1.29, 1.82) is 0 Å². The minimum atomic E-state index is -0.367. The van der Waals surface area contributed by atoms with Crippen molar-refractivity contribution in [2.45, 2.75) is 11.8 Å². The Morgan fingerprint density at radius 2 is 2.08 bits per heavy atom. The summed E-state index contributed by atoms with van der Waals surface area (Å²) in [5.74, 6) is -0.312. The van der Waals surface area contributed by atoms with E-state index in [-0.39, 0.29) is 11.1 Å². The first kappa shape index (κ1) is 10.1. The Labute approximate surface area is 80.1 Å². The number of benzene rings is 1. The first-order chi connectivity index (χ1) is 6.22. The van der Waals surface area contributed by atoms with Crippen molar-refractivity contribution in [2.24, 2.45) is 0 Å². The smallest absolute Gasteiger partial charge is 0.372 e. The maximum Gasteiger partial charge on any atom is 0.372 e. The number of hydrogen-bond donors (Lipinski definition) is 0. The monoisotopic (exact) mass is 200 g/mol. The molecule has 2 nitrogen and oxygen atoms in total. The highest BCUT2D eigenvalue weighted by molar-refractivity contribution is 8.13. The van der Waals surface area contributed by atoms with Crippen LogP contribution >= 0.6 is 11.8 Å². The van der Waals surface area contributed by atoms with E-state index in [9.17, 15) is 9.18 Å². The van der Waals surface area contributed by atoms with E-state index in [1.54, 1.807) is 6.92 Å². The van der Waals surface area contributed by atoms with Gasteiger partial charge in [0, 0.05) is 4.90 Å². The van der Waals surface area contributed by atoms with Crippen LogP contribution in [0.2, 0.25) is 0 Å². The van der Waals surface area contributed by atoms with E-state index in [0.29, 0.717) is 11.5 Å². The standard InChI is InChI=1S/C9H9FO2S/c1-2-12-9(11)13-8-5-3-7(10)4-6-8/h3-6H,2H2,1H3. The van der Waals surface area contributed by atoms with Crippen LogP contribution in [0.15, 0.2) is 29.2 Å². The highest BCUT2D eigenvalue weighted by Gasteiger charge is 2.04. The third-order valence-electron chi connectivity index (χ3n) is 1.28. The second-order valence-corrected chi connectivity index (χ2v) is 3.25. The van der Waals surface area contributed by atoms with Crippen molar-refractivity contribution in [1.82, 2.24) is 0 Å². The van der Waals surface area contributed by atoms with Gasteiger partial charge in [-0.15, -0.1) is 0 Å². The summed E-state index contributed by atoms with van der Waals surface area (Å²) in [5, 5.41) is -0.367. The summed E-state index contributed by atoms with van der Waals surface area (Å²) in [6.45, 7) is 2.09. The zero-order chi connectivity index (χ0) is 9.68. The van der Waals surface area contributed by atoms with E-state index in [4.69, 9.17) is 4.74 Å². The Morgan fingerprint density at radius 1 is 1.46 bits per heavy atom. The summed E-state index contributed by atoms with van der Waals surface area (Å²) in [7, 11) is 0. The van der Waals surface area contributed by atoms with Crippen LogP contribution in [-0.4, -0.2) is 11.9 Å². The molecule has 0 N–H and O–H groups in total. The number of thioether (sulfide) groups is 1. The molecule has 1 aromatic rings. The molecule has 1 rings (SSSR count). The van der Waals surface area contributed by atoms with Gasteiger partial charge in [-0.05, 0) is 43.0 Å². The average Bonchev–Trinajstić information content (AvgIpc) is 2.09. The number of carbonyl (C=O) groups is 1. The molecule has 0 aromatic heterocycles. The lowest BCUT2D eigenvalue weighted by molar-refractivity contribution is 0.181. The lowest BCUT2D eigenvalue weighted by atomic mass is 10.4. The minimum absolute atomic E-state index is 0.312. The first-order valence-corrected chi connectivity index (χ1v) is 4.64. The molecule has 70 valence electrons. The van der Waals surface area contributed by atoms with Crippen molar-refractivity contribution < 1.29 is 13.9 Å². The maximum atomic E-state index is 12.4. The molecule has 0 aliphatic rings. The van der Waals surface area contributed by atoms with Gasteiger partial charge in [0.15, 0.2) is 0 Å². The fourth-order valence-electron chi connectivity index (χ4n) is 0.746. The van der Waals surface area contributed by atoms with Gasteiger partial charge in [-0.2, -0.15) is 0 Å². The third kappa shape index (κ3) is 3.46. The lowest BCUT2D eigenvalue weighted by Gasteiger charge is -2.00. The molecule has 0 fully saturated rings. The Balaban J connectivity index is 2.54. The predicted octanol–water partition coefficient (Wildman–Crippen LogP) is 3.07. The molecule has 0 amide bonds. The van der Waals surface area contributed by atoms with E-state index in [1.807, 2.05) is 0 Å².